The van der Waals surface area contributed by atoms with E-state index in [0.29, 0.717) is 42.9 Å². The number of hydrogen-bond acceptors (Lipinski definition) is 5. The van der Waals surface area contributed by atoms with Gasteiger partial charge in [0.05, 0.1) is 11.9 Å². The Balaban J connectivity index is 1.46. The van der Waals surface area contributed by atoms with E-state index in [2.05, 4.69) is 15.3 Å². The molecule has 5 rings (SSSR count). The van der Waals surface area contributed by atoms with E-state index in [9.17, 15) is 14.0 Å². The number of carbonyl (C=O) groups excluding carboxylic acids is 2. The minimum absolute atomic E-state index is 0.274. The van der Waals surface area contributed by atoms with Crippen molar-refractivity contribution < 1.29 is 18.7 Å². The molecule has 1 unspecified atom stereocenters. The summed E-state index contributed by atoms with van der Waals surface area (Å²) < 4.78 is 21.2. The highest BCUT2D eigenvalue weighted by Crippen LogP contribution is 2.28. The zero-order valence-electron chi connectivity index (χ0n) is 16.8. The van der Waals surface area contributed by atoms with Crippen molar-refractivity contribution in [3.05, 3.63) is 59.8 Å². The van der Waals surface area contributed by atoms with Crippen LogP contribution in [-0.4, -0.2) is 57.6 Å². The number of piperazine rings is 1. The number of imidazole rings is 1. The molecular formula is C22H22FN5O3. The maximum Gasteiger partial charge on any atom is 0.256 e. The van der Waals surface area contributed by atoms with Crippen molar-refractivity contribution in [2.24, 2.45) is 0 Å². The summed E-state index contributed by atoms with van der Waals surface area (Å²) in [4.78, 5) is 36.3. The number of aromatic nitrogens is 3. The molecule has 0 saturated carbocycles. The molecule has 1 aromatic carbocycles. The predicted octanol–water partition coefficient (Wildman–Crippen LogP) is 2.24. The van der Waals surface area contributed by atoms with Crippen molar-refractivity contribution in [1.82, 2.24) is 24.8 Å². The summed E-state index contributed by atoms with van der Waals surface area (Å²) in [7, 11) is 0. The van der Waals surface area contributed by atoms with E-state index in [-0.39, 0.29) is 17.9 Å². The quantitative estimate of drug-likeness (QED) is 0.698. The van der Waals surface area contributed by atoms with E-state index in [4.69, 9.17) is 4.74 Å². The summed E-state index contributed by atoms with van der Waals surface area (Å²) in [5.74, 6) is -1.12. The third-order valence-corrected chi connectivity index (χ3v) is 5.88. The average Bonchev–Trinajstić information content (AvgIpc) is 3.22. The third-order valence-electron chi connectivity index (χ3n) is 5.88. The Labute approximate surface area is 178 Å². The smallest absolute Gasteiger partial charge is 0.256 e. The summed E-state index contributed by atoms with van der Waals surface area (Å²) in [6.45, 7) is 2.07. The van der Waals surface area contributed by atoms with Crippen LogP contribution in [0.25, 0.3) is 11.2 Å². The second-order valence-corrected chi connectivity index (χ2v) is 7.81. The highest BCUT2D eigenvalue weighted by Gasteiger charge is 2.35. The van der Waals surface area contributed by atoms with Crippen LogP contribution in [0, 0.1) is 5.82 Å². The number of pyridine rings is 1. The van der Waals surface area contributed by atoms with Crippen molar-refractivity contribution in [1.29, 1.82) is 0 Å². The zero-order chi connectivity index (χ0) is 21.4. The van der Waals surface area contributed by atoms with Crippen LogP contribution in [0.3, 0.4) is 0 Å². The van der Waals surface area contributed by atoms with E-state index in [1.807, 2.05) is 4.57 Å². The Bertz CT molecular complexity index is 1140. The molecule has 8 nitrogen and oxygen atoms in total. The summed E-state index contributed by atoms with van der Waals surface area (Å²) in [6, 6.07) is 6.86. The van der Waals surface area contributed by atoms with E-state index in [1.54, 1.807) is 18.5 Å². The lowest BCUT2D eigenvalue weighted by Crippen LogP contribution is -2.52. The molecule has 2 aliphatic rings. The van der Waals surface area contributed by atoms with Gasteiger partial charge in [-0.3, -0.25) is 9.59 Å². The molecule has 2 saturated heterocycles. The van der Waals surface area contributed by atoms with E-state index in [0.717, 1.165) is 18.5 Å². The average molecular weight is 423 g/mol. The first kappa shape index (κ1) is 19.6. The number of nitrogens with one attached hydrogen (secondary N) is 1. The van der Waals surface area contributed by atoms with Crippen LogP contribution < -0.4 is 5.32 Å². The summed E-state index contributed by atoms with van der Waals surface area (Å²) >= 11 is 0. The first-order valence-corrected chi connectivity index (χ1v) is 10.4. The largest absolute Gasteiger partial charge is 0.381 e. The van der Waals surface area contributed by atoms with Gasteiger partial charge in [0.1, 0.15) is 17.4 Å². The van der Waals surface area contributed by atoms with Gasteiger partial charge in [-0.25, -0.2) is 14.4 Å². The first-order chi connectivity index (χ1) is 15.1. The number of fused-ring (bicyclic) bond motifs is 1. The third kappa shape index (κ3) is 3.65. The molecule has 2 aliphatic heterocycles. The van der Waals surface area contributed by atoms with Gasteiger partial charge < -0.3 is 19.5 Å². The molecule has 2 aromatic heterocycles. The molecule has 0 bridgehead atoms. The summed E-state index contributed by atoms with van der Waals surface area (Å²) in [5.41, 5.74) is 2.13. The minimum atomic E-state index is -0.896. The molecule has 0 spiro atoms. The van der Waals surface area contributed by atoms with Gasteiger partial charge in [-0.05, 0) is 36.6 Å². The van der Waals surface area contributed by atoms with Crippen LogP contribution in [0.2, 0.25) is 0 Å². The molecule has 9 heteroatoms. The van der Waals surface area contributed by atoms with Crippen molar-refractivity contribution in [3.63, 3.8) is 0 Å². The molecule has 4 heterocycles. The van der Waals surface area contributed by atoms with Crippen molar-refractivity contribution in [2.75, 3.05) is 26.3 Å². The number of halogens is 1. The zero-order valence-corrected chi connectivity index (χ0v) is 16.8. The highest BCUT2D eigenvalue weighted by molar-refractivity contribution is 6.00. The molecule has 160 valence electrons. The number of nitrogens with zero attached hydrogens (tertiary/aromatic N) is 4. The Morgan fingerprint density at radius 2 is 2.03 bits per heavy atom. The first-order valence-electron chi connectivity index (χ1n) is 10.4. The van der Waals surface area contributed by atoms with Gasteiger partial charge in [-0.15, -0.1) is 0 Å². The molecule has 3 aromatic rings. The molecule has 1 N–H and O–H groups in total. The molecule has 0 aliphatic carbocycles. The lowest BCUT2D eigenvalue weighted by molar-refractivity contribution is -0.128. The topological polar surface area (TPSA) is 89.4 Å². The van der Waals surface area contributed by atoms with Gasteiger partial charge in [0.25, 0.3) is 5.91 Å². The fourth-order valence-electron chi connectivity index (χ4n) is 4.33. The lowest BCUT2D eigenvalue weighted by atomic mass is 10.0. The molecule has 2 amide bonds. The van der Waals surface area contributed by atoms with Gasteiger partial charge in [0.15, 0.2) is 5.65 Å². The van der Waals surface area contributed by atoms with Crippen LogP contribution in [-0.2, 0) is 9.53 Å². The Morgan fingerprint density at radius 1 is 1.19 bits per heavy atom. The van der Waals surface area contributed by atoms with Crippen molar-refractivity contribution in [2.45, 2.75) is 24.9 Å². The van der Waals surface area contributed by atoms with Gasteiger partial charge in [0.2, 0.25) is 5.91 Å². The lowest BCUT2D eigenvalue weighted by Gasteiger charge is -2.35. The molecule has 31 heavy (non-hydrogen) atoms. The number of rotatable bonds is 3. The highest BCUT2D eigenvalue weighted by atomic mass is 19.1. The minimum Gasteiger partial charge on any atom is -0.381 e. The van der Waals surface area contributed by atoms with Crippen LogP contribution >= 0.6 is 0 Å². The van der Waals surface area contributed by atoms with Gasteiger partial charge in [-0.2, -0.15) is 0 Å². The normalized spacial score (nSPS) is 20.1. The van der Waals surface area contributed by atoms with Crippen molar-refractivity contribution >= 4 is 23.0 Å². The fraction of sp³-hybridized carbons (Fsp3) is 0.364. The maximum absolute atomic E-state index is 13.8. The van der Waals surface area contributed by atoms with Crippen molar-refractivity contribution in [3.8, 4) is 0 Å². The van der Waals surface area contributed by atoms with Crippen LogP contribution in [0.15, 0.2) is 42.9 Å². The molecule has 2 fully saturated rings. The van der Waals surface area contributed by atoms with Gasteiger partial charge in [0, 0.05) is 38.5 Å². The number of ether oxygens (including phenoxy) is 1. The maximum atomic E-state index is 13.8. The summed E-state index contributed by atoms with van der Waals surface area (Å²) in [5, 5.41) is 2.76. The van der Waals surface area contributed by atoms with Crippen LogP contribution in [0.5, 0.6) is 0 Å². The summed E-state index contributed by atoms with van der Waals surface area (Å²) in [6.07, 6.45) is 5.07. The van der Waals surface area contributed by atoms with Gasteiger partial charge >= 0.3 is 0 Å². The van der Waals surface area contributed by atoms with Crippen LogP contribution in [0.1, 0.15) is 40.8 Å². The Morgan fingerprint density at radius 3 is 2.84 bits per heavy atom. The standard InChI is InChI=1S/C22H22FN5O3/c23-16-3-1-2-14(10-16)19-21(29)24-6-7-27(19)22(30)15-11-18-20(25-12-15)28(13-26-18)17-4-8-31-9-5-17/h1-3,10-13,17,19H,4-9H2,(H,24,29). The van der Waals surface area contributed by atoms with E-state index < -0.39 is 11.9 Å². The van der Waals surface area contributed by atoms with Gasteiger partial charge in [-0.1, -0.05) is 12.1 Å². The van der Waals surface area contributed by atoms with E-state index >= 15 is 0 Å². The number of hydrogen-bond donors (Lipinski definition) is 1. The predicted molar refractivity (Wildman–Crippen MR) is 110 cm³/mol. The number of benzene rings is 1. The fourth-order valence-corrected chi connectivity index (χ4v) is 4.33. The SMILES string of the molecule is O=C1NCCN(C(=O)c2cnc3c(c2)ncn3C2CCOCC2)C1c1cccc(F)c1. The molecular weight excluding hydrogens is 401 g/mol. The number of carbonyl (C=O) groups is 2. The second-order valence-electron chi connectivity index (χ2n) is 7.81. The monoisotopic (exact) mass is 423 g/mol. The Kier molecular flexibility index (Phi) is 5.11. The number of amides is 2. The molecule has 1 atom stereocenters. The second kappa shape index (κ2) is 8.07. The van der Waals surface area contributed by atoms with Crippen LogP contribution in [0.4, 0.5) is 4.39 Å². The Hall–Kier alpha value is -3.33. The van der Waals surface area contributed by atoms with E-state index in [1.165, 1.54) is 29.3 Å². The molecule has 0 radical (unpaired) electrons.